The smallest absolute Gasteiger partial charge is 0.351 e. The minimum absolute atomic E-state index is 0.135. The first-order valence-corrected chi connectivity index (χ1v) is 9.05. The highest BCUT2D eigenvalue weighted by Gasteiger charge is 2.35. The topological polar surface area (TPSA) is 54.9 Å². The fourth-order valence-corrected chi connectivity index (χ4v) is 3.38. The number of hydrogen-bond donors (Lipinski definition) is 1. The fourth-order valence-electron chi connectivity index (χ4n) is 2.41. The van der Waals surface area contributed by atoms with Crippen LogP contribution in [0.3, 0.4) is 0 Å². The average molecular weight is 391 g/mol. The zero-order valence-electron chi connectivity index (χ0n) is 14.3. The molecule has 0 aliphatic rings. The molecule has 0 saturated heterocycles. The minimum Gasteiger partial charge on any atom is -0.351 e. The van der Waals surface area contributed by atoms with Crippen LogP contribution in [0.1, 0.15) is 18.3 Å². The molecule has 4 nitrogen and oxygen atoms in total. The van der Waals surface area contributed by atoms with Crippen LogP contribution in [-0.4, -0.2) is 21.1 Å². The number of fused-ring (bicyclic) bond motifs is 1. The Morgan fingerprint density at radius 2 is 1.74 bits per heavy atom. The van der Waals surface area contributed by atoms with Crippen molar-refractivity contribution in [2.45, 2.75) is 29.9 Å². The second kappa shape index (κ2) is 7.96. The molecular weight excluding hydrogens is 375 g/mol. The van der Waals surface area contributed by atoms with Crippen LogP contribution in [-0.2, 0) is 17.5 Å². The van der Waals surface area contributed by atoms with E-state index in [4.69, 9.17) is 0 Å². The number of nitrogens with zero attached hydrogens (tertiary/aromatic N) is 2. The number of halogens is 3. The maximum atomic E-state index is 13.1. The van der Waals surface area contributed by atoms with Crippen LogP contribution in [0.25, 0.3) is 10.9 Å². The van der Waals surface area contributed by atoms with E-state index < -0.39 is 17.3 Å². The summed E-state index contributed by atoms with van der Waals surface area (Å²) in [6.07, 6.45) is -4.65. The molecule has 3 rings (SSSR count). The molecule has 0 aliphatic carbocycles. The number of carbonyl (C=O) groups excluding carboxylic acids is 1. The lowest BCUT2D eigenvalue weighted by Crippen LogP contribution is -2.30. The third-order valence-corrected chi connectivity index (χ3v) is 4.89. The maximum Gasteiger partial charge on any atom is 0.451 e. The predicted molar refractivity (Wildman–Crippen MR) is 98.1 cm³/mol. The lowest BCUT2D eigenvalue weighted by atomic mass is 10.2. The Morgan fingerprint density at radius 1 is 1.07 bits per heavy atom. The molecule has 3 aromatic rings. The van der Waals surface area contributed by atoms with Crippen molar-refractivity contribution >= 4 is 28.6 Å². The first-order chi connectivity index (χ1) is 12.8. The van der Waals surface area contributed by atoms with Crippen LogP contribution >= 0.6 is 11.8 Å². The van der Waals surface area contributed by atoms with E-state index in [1.807, 2.05) is 30.3 Å². The molecule has 0 aliphatic heterocycles. The molecular formula is C19H16F3N3OS. The van der Waals surface area contributed by atoms with Gasteiger partial charge in [0.25, 0.3) is 0 Å². The first kappa shape index (κ1) is 19.2. The Morgan fingerprint density at radius 3 is 2.44 bits per heavy atom. The summed E-state index contributed by atoms with van der Waals surface area (Å²) in [7, 11) is 0. The molecule has 1 amide bonds. The average Bonchev–Trinajstić information content (AvgIpc) is 2.66. The van der Waals surface area contributed by atoms with Gasteiger partial charge in [0.1, 0.15) is 5.03 Å². The second-order valence-corrected chi connectivity index (χ2v) is 7.16. The molecule has 0 radical (unpaired) electrons. The predicted octanol–water partition coefficient (Wildman–Crippen LogP) is 4.45. The van der Waals surface area contributed by atoms with Gasteiger partial charge < -0.3 is 5.32 Å². The zero-order chi connectivity index (χ0) is 19.4. The number of rotatable bonds is 5. The summed E-state index contributed by atoms with van der Waals surface area (Å²) < 4.78 is 39.3. The number of nitrogens with one attached hydrogen (secondary N) is 1. The van der Waals surface area contributed by atoms with E-state index in [0.717, 1.165) is 17.3 Å². The van der Waals surface area contributed by atoms with E-state index in [2.05, 4.69) is 15.3 Å². The van der Waals surface area contributed by atoms with Gasteiger partial charge in [-0.1, -0.05) is 60.3 Å². The molecule has 1 atom stereocenters. The van der Waals surface area contributed by atoms with Crippen molar-refractivity contribution in [1.29, 1.82) is 0 Å². The largest absolute Gasteiger partial charge is 0.451 e. The quantitative estimate of drug-likeness (QED) is 0.516. The van der Waals surface area contributed by atoms with E-state index in [-0.39, 0.29) is 16.4 Å². The van der Waals surface area contributed by atoms with Gasteiger partial charge in [0.05, 0.1) is 10.8 Å². The van der Waals surface area contributed by atoms with E-state index in [1.54, 1.807) is 25.1 Å². The number of carbonyl (C=O) groups is 1. The number of aromatic nitrogens is 2. The van der Waals surface area contributed by atoms with Crippen molar-refractivity contribution in [2.24, 2.45) is 0 Å². The number of alkyl halides is 3. The molecule has 2 aromatic carbocycles. The molecule has 1 aromatic heterocycles. The number of para-hydroxylation sites is 1. The van der Waals surface area contributed by atoms with Crippen LogP contribution < -0.4 is 5.32 Å². The van der Waals surface area contributed by atoms with E-state index in [9.17, 15) is 18.0 Å². The summed E-state index contributed by atoms with van der Waals surface area (Å²) in [6, 6.07) is 15.8. The molecule has 8 heteroatoms. The van der Waals surface area contributed by atoms with Gasteiger partial charge in [0, 0.05) is 11.9 Å². The molecule has 0 saturated carbocycles. The SMILES string of the molecule is C[C@H](Sc1nc(C(F)(F)F)nc2ccccc12)C(=O)NCc1ccccc1. The summed E-state index contributed by atoms with van der Waals surface area (Å²) in [5.74, 6) is -1.49. The summed E-state index contributed by atoms with van der Waals surface area (Å²) in [6.45, 7) is 1.98. The third-order valence-electron chi connectivity index (χ3n) is 3.79. The Kier molecular flexibility index (Phi) is 5.65. The number of hydrogen-bond acceptors (Lipinski definition) is 4. The highest BCUT2D eigenvalue weighted by Crippen LogP contribution is 2.33. The van der Waals surface area contributed by atoms with Gasteiger partial charge >= 0.3 is 6.18 Å². The van der Waals surface area contributed by atoms with Crippen molar-refractivity contribution in [1.82, 2.24) is 15.3 Å². The van der Waals surface area contributed by atoms with Gasteiger partial charge in [-0.05, 0) is 18.6 Å². The number of amides is 1. The van der Waals surface area contributed by atoms with Gasteiger partial charge in [-0.25, -0.2) is 9.97 Å². The van der Waals surface area contributed by atoms with Crippen LogP contribution in [0.5, 0.6) is 0 Å². The standard InChI is InChI=1S/C19H16F3N3OS/c1-12(16(26)23-11-13-7-3-2-4-8-13)27-17-14-9-5-6-10-15(14)24-18(25-17)19(20,21)22/h2-10,12H,11H2,1H3,(H,23,26)/t12-/m0/s1. The van der Waals surface area contributed by atoms with Crippen molar-refractivity contribution < 1.29 is 18.0 Å². The van der Waals surface area contributed by atoms with Crippen LogP contribution in [0.15, 0.2) is 59.6 Å². The Hall–Kier alpha value is -2.61. The van der Waals surface area contributed by atoms with Crippen molar-refractivity contribution in [3.8, 4) is 0 Å². The Balaban J connectivity index is 1.79. The molecule has 0 bridgehead atoms. The normalized spacial score (nSPS) is 12.7. The molecule has 0 fully saturated rings. The molecule has 27 heavy (non-hydrogen) atoms. The van der Waals surface area contributed by atoms with Gasteiger partial charge in [0.15, 0.2) is 0 Å². The van der Waals surface area contributed by atoms with Crippen LogP contribution in [0, 0.1) is 0 Å². The Bertz CT molecular complexity index is 948. The minimum atomic E-state index is -4.65. The number of thioether (sulfide) groups is 1. The van der Waals surface area contributed by atoms with Crippen LogP contribution in [0.4, 0.5) is 13.2 Å². The third kappa shape index (κ3) is 4.77. The molecule has 0 spiro atoms. The summed E-state index contributed by atoms with van der Waals surface area (Å²) in [5.41, 5.74) is 1.13. The summed E-state index contributed by atoms with van der Waals surface area (Å²) in [4.78, 5) is 19.6. The van der Waals surface area contributed by atoms with Gasteiger partial charge in [0.2, 0.25) is 11.7 Å². The fraction of sp³-hybridized carbons (Fsp3) is 0.211. The molecule has 0 unspecified atom stereocenters. The lowest BCUT2D eigenvalue weighted by Gasteiger charge is -2.14. The van der Waals surface area contributed by atoms with Crippen LogP contribution in [0.2, 0.25) is 0 Å². The first-order valence-electron chi connectivity index (χ1n) is 8.17. The Labute approximate surface area is 158 Å². The highest BCUT2D eigenvalue weighted by atomic mass is 32.2. The molecule has 1 N–H and O–H groups in total. The number of benzene rings is 2. The monoisotopic (exact) mass is 391 g/mol. The maximum absolute atomic E-state index is 13.1. The van der Waals surface area contributed by atoms with Gasteiger partial charge in [-0.15, -0.1) is 0 Å². The van der Waals surface area contributed by atoms with Gasteiger partial charge in [-0.2, -0.15) is 13.2 Å². The zero-order valence-corrected chi connectivity index (χ0v) is 15.1. The lowest BCUT2D eigenvalue weighted by molar-refractivity contribution is -0.145. The molecule has 1 heterocycles. The van der Waals surface area contributed by atoms with E-state index in [1.165, 1.54) is 6.07 Å². The van der Waals surface area contributed by atoms with Gasteiger partial charge in [-0.3, -0.25) is 4.79 Å². The summed E-state index contributed by atoms with van der Waals surface area (Å²) in [5, 5.41) is 2.79. The second-order valence-electron chi connectivity index (χ2n) is 5.83. The molecule has 140 valence electrons. The highest BCUT2D eigenvalue weighted by molar-refractivity contribution is 8.00. The van der Waals surface area contributed by atoms with Crippen molar-refractivity contribution in [3.05, 3.63) is 66.0 Å². The summed E-state index contributed by atoms with van der Waals surface area (Å²) >= 11 is 0.983. The van der Waals surface area contributed by atoms with E-state index in [0.29, 0.717) is 11.9 Å². The van der Waals surface area contributed by atoms with Crippen molar-refractivity contribution in [2.75, 3.05) is 0 Å². The van der Waals surface area contributed by atoms with E-state index >= 15 is 0 Å². The van der Waals surface area contributed by atoms with Crippen molar-refractivity contribution in [3.63, 3.8) is 0 Å².